The van der Waals surface area contributed by atoms with E-state index >= 15 is 0 Å². The number of esters is 2. The molecule has 1 aromatic heterocycles. The number of furan rings is 1. The number of aliphatic hydroxyl groups excluding tert-OH is 3. The first-order valence-corrected chi connectivity index (χ1v) is 27.2. The van der Waals surface area contributed by atoms with E-state index in [1.54, 1.807) is 6.08 Å². The van der Waals surface area contributed by atoms with Crippen molar-refractivity contribution in [1.29, 1.82) is 0 Å². The Labute approximate surface area is 399 Å². The number of phosphoric ester groups is 1. The average molecular weight is 955 g/mol. The zero-order valence-corrected chi connectivity index (χ0v) is 43.1. The van der Waals surface area contributed by atoms with E-state index in [-0.39, 0.29) is 44.3 Å². The summed E-state index contributed by atoms with van der Waals surface area (Å²) in [5, 5.41) is 31.5. The summed E-state index contributed by atoms with van der Waals surface area (Å²) in [5.74, 6) is 0.928. The van der Waals surface area contributed by atoms with Crippen LogP contribution in [0.25, 0.3) is 0 Å². The average Bonchev–Trinajstić information content (AvgIpc) is 3.68. The highest BCUT2D eigenvalue weighted by molar-refractivity contribution is 7.47. The van der Waals surface area contributed by atoms with Crippen LogP contribution in [-0.4, -0.2) is 109 Å². The highest BCUT2D eigenvalue weighted by Gasteiger charge is 2.39. The molecule has 2 rings (SSSR count). The smallest absolute Gasteiger partial charge is 0.466 e. The Morgan fingerprint density at radius 3 is 1.95 bits per heavy atom. The normalized spacial score (nSPS) is 19.7. The van der Waals surface area contributed by atoms with Crippen molar-refractivity contribution >= 4 is 19.8 Å². The monoisotopic (exact) mass is 955 g/mol. The Hall–Kier alpha value is -2.35. The lowest BCUT2D eigenvalue weighted by atomic mass is 9.89. The van der Waals surface area contributed by atoms with Crippen LogP contribution in [0.3, 0.4) is 0 Å². The standard InChI is InChI=1S/C52H92NO12P/c1-8-10-22-28-43(54)34-35-46-45(47(55)38-48(46)56)29-24-20-21-27-33-52(58)64-44(40-63-66(59,60)62-37-36-53(5,6)7)39-61-51(57)32-26-19-17-15-13-12-14-16-18-25-31-50-42(4)41(3)49(65-50)30-23-11-9-2/h20,24,34-35,43-48,54-56H,8-19,21-23,25-33,36-40H2,1-7H3/p+1/b24-20+,35-34+/t43-,44+,45+,46+,47-,48+/m0/s1. The van der Waals surface area contributed by atoms with E-state index in [1.165, 1.54) is 74.0 Å². The van der Waals surface area contributed by atoms with Crippen LogP contribution in [0.5, 0.6) is 0 Å². The van der Waals surface area contributed by atoms with Gasteiger partial charge in [-0.25, -0.2) is 4.57 Å². The van der Waals surface area contributed by atoms with Gasteiger partial charge in [-0.3, -0.25) is 18.6 Å². The summed E-state index contributed by atoms with van der Waals surface area (Å²) in [6.45, 7) is 8.38. The zero-order valence-electron chi connectivity index (χ0n) is 42.2. The molecule has 7 atom stereocenters. The minimum atomic E-state index is -4.46. The lowest BCUT2D eigenvalue weighted by Gasteiger charge is -2.24. The van der Waals surface area contributed by atoms with Gasteiger partial charge in [-0.1, -0.05) is 122 Å². The van der Waals surface area contributed by atoms with Crippen molar-refractivity contribution in [2.75, 3.05) is 47.5 Å². The molecular formula is C52H93NO12P+. The Morgan fingerprint density at radius 1 is 0.758 bits per heavy atom. The van der Waals surface area contributed by atoms with Crippen LogP contribution in [-0.2, 0) is 45.5 Å². The van der Waals surface area contributed by atoms with E-state index in [0.29, 0.717) is 43.1 Å². The van der Waals surface area contributed by atoms with Gasteiger partial charge in [0.15, 0.2) is 6.10 Å². The minimum absolute atomic E-state index is 0.0171. The summed E-state index contributed by atoms with van der Waals surface area (Å²) < 4.78 is 40.7. The van der Waals surface area contributed by atoms with Crippen molar-refractivity contribution in [3.8, 4) is 0 Å². The summed E-state index contributed by atoms with van der Waals surface area (Å²) in [4.78, 5) is 35.8. The van der Waals surface area contributed by atoms with Crippen LogP contribution in [0, 0.1) is 25.7 Å². The summed E-state index contributed by atoms with van der Waals surface area (Å²) in [6, 6.07) is 0. The van der Waals surface area contributed by atoms with Gasteiger partial charge in [0, 0.05) is 38.0 Å². The summed E-state index contributed by atoms with van der Waals surface area (Å²) in [5.41, 5.74) is 2.67. The number of carbonyl (C=O) groups excluding carboxylic acids is 2. The number of hydrogen-bond donors (Lipinski definition) is 4. The number of unbranched alkanes of at least 4 members (excludes halogenated alkanes) is 14. The third kappa shape index (κ3) is 27.0. The van der Waals surface area contributed by atoms with Gasteiger partial charge in [-0.05, 0) is 75.8 Å². The van der Waals surface area contributed by atoms with Crippen molar-refractivity contribution in [3.05, 3.63) is 47.0 Å². The molecule has 1 saturated carbocycles. The molecule has 1 unspecified atom stereocenters. The number of hydrogen-bond acceptors (Lipinski definition) is 11. The number of aliphatic hydroxyl groups is 3. The van der Waals surface area contributed by atoms with Crippen LogP contribution in [0.4, 0.5) is 0 Å². The number of rotatable bonds is 39. The lowest BCUT2D eigenvalue weighted by Crippen LogP contribution is -2.37. The first-order chi connectivity index (χ1) is 31.5. The molecule has 1 aliphatic carbocycles. The second-order valence-electron chi connectivity index (χ2n) is 19.8. The SMILES string of the molecule is CCCCCc1oc(CCCCCCCCCCCCC(=O)OC[C@H](COP(=O)(O)OCC[N+](C)(C)C)OC(=O)CCC/C=C/C[C@@H]2[C@@H](/C=C/[C@@H](O)CCCCC)[C@H](O)C[C@@H]2O)c(C)c1C. The third-order valence-electron chi connectivity index (χ3n) is 12.8. The number of quaternary nitrogens is 1. The molecule has 0 spiro atoms. The highest BCUT2D eigenvalue weighted by Crippen LogP contribution is 2.43. The van der Waals surface area contributed by atoms with Gasteiger partial charge in [-0.15, -0.1) is 0 Å². The maximum atomic E-state index is 12.9. The fourth-order valence-electron chi connectivity index (χ4n) is 8.36. The third-order valence-corrected chi connectivity index (χ3v) is 13.7. The zero-order chi connectivity index (χ0) is 48.8. The predicted molar refractivity (Wildman–Crippen MR) is 262 cm³/mol. The van der Waals surface area contributed by atoms with Gasteiger partial charge in [0.2, 0.25) is 0 Å². The molecule has 1 heterocycles. The van der Waals surface area contributed by atoms with Crippen molar-refractivity contribution in [2.24, 2.45) is 11.8 Å². The topological polar surface area (TPSA) is 182 Å². The van der Waals surface area contributed by atoms with E-state index in [4.69, 9.17) is 22.9 Å². The molecule has 0 radical (unpaired) electrons. The Bertz CT molecular complexity index is 1570. The van der Waals surface area contributed by atoms with Crippen LogP contribution in [0.1, 0.15) is 184 Å². The Kier molecular flexibility index (Phi) is 30.8. The van der Waals surface area contributed by atoms with Crippen molar-refractivity contribution in [3.63, 3.8) is 0 Å². The molecule has 4 N–H and O–H groups in total. The van der Waals surface area contributed by atoms with Crippen LogP contribution in [0.2, 0.25) is 0 Å². The van der Waals surface area contributed by atoms with Gasteiger partial charge in [0.25, 0.3) is 0 Å². The summed E-state index contributed by atoms with van der Waals surface area (Å²) in [7, 11) is 1.31. The molecule has 66 heavy (non-hydrogen) atoms. The molecule has 0 saturated heterocycles. The second-order valence-corrected chi connectivity index (χ2v) is 21.2. The largest absolute Gasteiger partial charge is 0.472 e. The Morgan fingerprint density at radius 2 is 1.33 bits per heavy atom. The van der Waals surface area contributed by atoms with Crippen molar-refractivity contribution in [2.45, 2.75) is 213 Å². The van der Waals surface area contributed by atoms with E-state index in [1.807, 2.05) is 39.4 Å². The van der Waals surface area contributed by atoms with E-state index in [2.05, 4.69) is 27.7 Å². The maximum Gasteiger partial charge on any atom is 0.472 e. The molecule has 0 bridgehead atoms. The molecule has 0 amide bonds. The molecule has 1 fully saturated rings. The first-order valence-electron chi connectivity index (χ1n) is 25.7. The number of aryl methyl sites for hydroxylation is 2. The number of allylic oxidation sites excluding steroid dienone is 2. The van der Waals surface area contributed by atoms with Crippen molar-refractivity contribution < 1.29 is 61.8 Å². The van der Waals surface area contributed by atoms with Crippen LogP contribution in [0.15, 0.2) is 28.7 Å². The van der Waals surface area contributed by atoms with Gasteiger partial charge >= 0.3 is 19.8 Å². The number of likely N-dealkylation sites (N-methyl/N-ethyl adjacent to an activating group) is 1. The predicted octanol–water partition coefficient (Wildman–Crippen LogP) is 10.7. The van der Waals surface area contributed by atoms with Gasteiger partial charge in [-0.2, -0.15) is 0 Å². The molecule has 13 nitrogen and oxygen atoms in total. The van der Waals surface area contributed by atoms with Crippen LogP contribution < -0.4 is 0 Å². The number of carbonyl (C=O) groups is 2. The van der Waals surface area contributed by atoms with Gasteiger partial charge in [0.1, 0.15) is 31.3 Å². The first kappa shape index (κ1) is 59.8. The molecular weight excluding hydrogens is 862 g/mol. The van der Waals surface area contributed by atoms with Crippen molar-refractivity contribution in [1.82, 2.24) is 0 Å². The summed E-state index contributed by atoms with van der Waals surface area (Å²) in [6.07, 6.45) is 27.1. The molecule has 14 heteroatoms. The maximum absolute atomic E-state index is 12.9. The summed E-state index contributed by atoms with van der Waals surface area (Å²) >= 11 is 0. The molecule has 382 valence electrons. The fraction of sp³-hybridized carbons (Fsp3) is 0.808. The lowest BCUT2D eigenvalue weighted by molar-refractivity contribution is -0.870. The highest BCUT2D eigenvalue weighted by atomic mass is 31.2. The van der Waals surface area contributed by atoms with E-state index in [0.717, 1.165) is 57.8 Å². The molecule has 0 aromatic carbocycles. The molecule has 1 aromatic rings. The minimum Gasteiger partial charge on any atom is -0.466 e. The molecule has 1 aliphatic rings. The second kappa shape index (κ2) is 34.0. The Balaban J connectivity index is 1.71. The fourth-order valence-corrected chi connectivity index (χ4v) is 9.11. The molecule has 0 aliphatic heterocycles. The number of ether oxygens (including phenoxy) is 2. The van der Waals surface area contributed by atoms with Gasteiger partial charge in [0.05, 0.1) is 46.1 Å². The number of phosphoric acid groups is 1. The number of nitrogens with zero attached hydrogens (tertiary/aromatic N) is 1. The van der Waals surface area contributed by atoms with Gasteiger partial charge < -0.3 is 38.6 Å². The van der Waals surface area contributed by atoms with E-state index in [9.17, 15) is 34.4 Å². The van der Waals surface area contributed by atoms with E-state index < -0.39 is 50.8 Å². The van der Waals surface area contributed by atoms with Crippen LogP contribution >= 0.6 is 7.82 Å². The quantitative estimate of drug-likeness (QED) is 0.0161.